The lowest BCUT2D eigenvalue weighted by molar-refractivity contribution is -0.384. The molecule has 0 aliphatic heterocycles. The molecule has 0 saturated heterocycles. The van der Waals surface area contributed by atoms with Crippen molar-refractivity contribution in [2.75, 3.05) is 0 Å². The van der Waals surface area contributed by atoms with Crippen molar-refractivity contribution in [3.63, 3.8) is 0 Å². The Hall–Kier alpha value is -8.22. The number of fused-ring (bicyclic) bond motifs is 3. The Balaban J connectivity index is 0.000000284. The lowest BCUT2D eigenvalue weighted by Gasteiger charge is -2.15. The maximum absolute atomic E-state index is 12.8. The Bertz CT molecular complexity index is 3420. The molecule has 6 aromatic rings. The van der Waals surface area contributed by atoms with E-state index in [1.165, 1.54) is 73.3 Å². The monoisotopic (exact) mass is 1070 g/mol. The highest BCUT2D eigenvalue weighted by molar-refractivity contribution is 9.10. The van der Waals surface area contributed by atoms with Crippen LogP contribution >= 0.6 is 15.9 Å². The first-order valence-electron chi connectivity index (χ1n) is 20.7. The number of amides is 3. The summed E-state index contributed by atoms with van der Waals surface area (Å²) in [6.07, 6.45) is -4.62. The maximum atomic E-state index is 12.8. The number of nitro groups is 1. The molecule has 25 heteroatoms. The lowest BCUT2D eigenvalue weighted by Crippen LogP contribution is -2.40. The van der Waals surface area contributed by atoms with Gasteiger partial charge < -0.3 is 45.0 Å². The number of nitrogens with one attached hydrogen (secondary N) is 3. The summed E-state index contributed by atoms with van der Waals surface area (Å²) in [4.78, 5) is 118. The van der Waals surface area contributed by atoms with E-state index in [0.29, 0.717) is 15.4 Å². The lowest BCUT2D eigenvalue weighted by atomic mass is 10.1. The normalized spacial score (nSPS) is 12.2. The van der Waals surface area contributed by atoms with Gasteiger partial charge in [-0.2, -0.15) is 13.2 Å². The predicted molar refractivity (Wildman–Crippen MR) is 261 cm³/mol. The first-order valence-corrected chi connectivity index (χ1v) is 21.5. The number of Topliss-reactive ketones (excluding diaryl/α,β-unsaturated/α-hetero) is 3. The molecule has 3 amide bonds. The van der Waals surface area contributed by atoms with Gasteiger partial charge in [-0.25, -0.2) is 0 Å². The zero-order valence-electron chi connectivity index (χ0n) is 39.1. The molecular weight excluding hydrogens is 1020 g/mol. The molecule has 0 unspecified atom stereocenters. The van der Waals surface area contributed by atoms with Crippen LogP contribution in [-0.2, 0) is 41.7 Å². The van der Waals surface area contributed by atoms with Gasteiger partial charge in [-0.15, -0.1) is 0 Å². The van der Waals surface area contributed by atoms with E-state index < -0.39 is 97.6 Å². The van der Waals surface area contributed by atoms with E-state index in [9.17, 15) is 81.8 Å². The molecule has 0 radical (unpaired) electrons. The molecule has 0 aliphatic rings. The number of benzene rings is 3. The number of carbonyl (C=O) groups excluding carboxylic acids is 6. The highest BCUT2D eigenvalue weighted by atomic mass is 79.9. The van der Waals surface area contributed by atoms with Gasteiger partial charge in [0.2, 0.25) is 0 Å². The highest BCUT2D eigenvalue weighted by Gasteiger charge is 2.32. The van der Waals surface area contributed by atoms with Crippen molar-refractivity contribution in [1.29, 1.82) is 0 Å². The van der Waals surface area contributed by atoms with Gasteiger partial charge >= 0.3 is 6.18 Å². The fourth-order valence-electron chi connectivity index (χ4n) is 6.58. The zero-order chi connectivity index (χ0) is 53.9. The summed E-state index contributed by atoms with van der Waals surface area (Å²) in [7, 11) is 4.04. The van der Waals surface area contributed by atoms with Gasteiger partial charge in [0.05, 0.1) is 50.5 Å². The summed E-state index contributed by atoms with van der Waals surface area (Å²) < 4.78 is 42.2. The summed E-state index contributed by atoms with van der Waals surface area (Å²) in [6, 6.07) is 8.63. The number of pyridine rings is 3. The number of aromatic hydroxyl groups is 3. The van der Waals surface area contributed by atoms with Crippen LogP contribution in [0.3, 0.4) is 0 Å². The predicted octanol–water partition coefficient (Wildman–Crippen LogP) is 5.18. The number of ketones is 3. The summed E-state index contributed by atoms with van der Waals surface area (Å²) in [5, 5.41) is 49.1. The number of alkyl halides is 3. The van der Waals surface area contributed by atoms with Crippen LogP contribution in [0.15, 0.2) is 73.5 Å². The molecule has 72 heavy (non-hydrogen) atoms. The number of rotatable bonds is 10. The van der Waals surface area contributed by atoms with E-state index in [4.69, 9.17) is 0 Å². The number of carbonyl (C=O) groups is 6. The second-order valence-electron chi connectivity index (χ2n) is 16.0. The number of nitro benzene ring substituents is 1. The Morgan fingerprint density at radius 3 is 1.35 bits per heavy atom. The Kier molecular flexibility index (Phi) is 18.3. The van der Waals surface area contributed by atoms with Gasteiger partial charge in [-0.1, -0.05) is 13.5 Å². The van der Waals surface area contributed by atoms with Crippen LogP contribution in [0.1, 0.15) is 85.6 Å². The van der Waals surface area contributed by atoms with Crippen molar-refractivity contribution >= 4 is 89.4 Å². The van der Waals surface area contributed by atoms with Crippen molar-refractivity contribution < 1.29 is 62.2 Å². The van der Waals surface area contributed by atoms with E-state index in [1.54, 1.807) is 18.2 Å². The van der Waals surface area contributed by atoms with Crippen molar-refractivity contribution in [2.45, 2.75) is 73.3 Å². The molecule has 0 aliphatic carbocycles. The molecule has 0 saturated carbocycles. The van der Waals surface area contributed by atoms with E-state index >= 15 is 0 Å². The van der Waals surface area contributed by atoms with Crippen LogP contribution in [0.5, 0.6) is 17.2 Å². The number of aryl methyl sites for hydroxylation is 3. The van der Waals surface area contributed by atoms with Crippen molar-refractivity contribution in [3.05, 3.63) is 122 Å². The molecule has 0 bridgehead atoms. The number of hydrogen-bond acceptors (Lipinski definition) is 14. The Labute approximate surface area is 414 Å². The summed E-state index contributed by atoms with van der Waals surface area (Å²) in [5.74, 6) is -5.30. The SMILES string of the molecule is C.CC(=O)[C@@H](C)NC(=O)c1c(O)c2ccc(C(F)(F)F)cc2n(C)c1=O.CC(=O)[C@H](C)NC(=O)c1c(O)c2c(Br)cccc2n(C)c1=O.CC(=O)[C@H](C)NC(=O)c1c(O)c2ccc([N+](=O)[O-])cc2n(C)c1=O. The largest absolute Gasteiger partial charge is 0.506 e. The minimum absolute atomic E-state index is 0. The van der Waals surface area contributed by atoms with Crippen LogP contribution < -0.4 is 32.6 Å². The quantitative estimate of drug-likeness (QED) is 0.0761. The third-order valence-corrected chi connectivity index (χ3v) is 11.8. The van der Waals surface area contributed by atoms with Crippen LogP contribution in [-0.4, -0.2) is 87.1 Å². The highest BCUT2D eigenvalue weighted by Crippen LogP contribution is 2.35. The number of aromatic nitrogens is 3. The molecule has 384 valence electrons. The van der Waals surface area contributed by atoms with Crippen molar-refractivity contribution in [3.8, 4) is 17.2 Å². The van der Waals surface area contributed by atoms with Crippen LogP contribution in [0.25, 0.3) is 32.7 Å². The first kappa shape index (κ1) is 58.1. The zero-order valence-corrected chi connectivity index (χ0v) is 40.6. The third-order valence-electron chi connectivity index (χ3n) is 11.2. The third kappa shape index (κ3) is 12.0. The molecule has 0 fully saturated rings. The molecule has 0 spiro atoms. The van der Waals surface area contributed by atoms with Crippen molar-refractivity contribution in [2.24, 2.45) is 21.1 Å². The molecule has 3 atom stereocenters. The van der Waals surface area contributed by atoms with E-state index in [1.807, 2.05) is 0 Å². The van der Waals surface area contributed by atoms with Gasteiger partial charge in [0, 0.05) is 48.5 Å². The fraction of sp³-hybridized carbons (Fsp3) is 0.298. The van der Waals surface area contributed by atoms with Crippen molar-refractivity contribution in [1.82, 2.24) is 29.7 Å². The Morgan fingerprint density at radius 1 is 0.611 bits per heavy atom. The van der Waals surface area contributed by atoms with Crippen LogP contribution in [0.4, 0.5) is 18.9 Å². The van der Waals surface area contributed by atoms with Gasteiger partial charge in [0.15, 0.2) is 17.3 Å². The van der Waals surface area contributed by atoms with E-state index in [2.05, 4.69) is 31.9 Å². The molecular formula is C47H49BrF3N7O14. The minimum Gasteiger partial charge on any atom is -0.506 e. The Morgan fingerprint density at radius 2 is 0.972 bits per heavy atom. The minimum atomic E-state index is -4.62. The maximum Gasteiger partial charge on any atom is 0.416 e. The topological polar surface area (TPSA) is 308 Å². The van der Waals surface area contributed by atoms with Gasteiger partial charge in [0.1, 0.15) is 33.9 Å². The molecule has 21 nitrogen and oxygen atoms in total. The van der Waals surface area contributed by atoms with Gasteiger partial charge in [-0.3, -0.25) is 53.3 Å². The summed E-state index contributed by atoms with van der Waals surface area (Å²) in [6.45, 7) is 8.22. The molecule has 3 aromatic heterocycles. The smallest absolute Gasteiger partial charge is 0.416 e. The second kappa shape index (κ2) is 22.7. The molecule has 3 heterocycles. The van der Waals surface area contributed by atoms with Gasteiger partial charge in [-0.05, 0) is 93.9 Å². The number of halogens is 4. The number of non-ortho nitro benzene ring substituents is 1. The first-order chi connectivity index (χ1) is 32.8. The van der Waals surface area contributed by atoms with E-state index in [0.717, 1.165) is 39.5 Å². The molecule has 6 N–H and O–H groups in total. The average Bonchev–Trinajstić information content (AvgIpc) is 3.28. The number of nitrogens with zero attached hydrogens (tertiary/aromatic N) is 4. The van der Waals surface area contributed by atoms with Crippen LogP contribution in [0.2, 0.25) is 0 Å². The second-order valence-corrected chi connectivity index (χ2v) is 16.9. The molecule has 6 rings (SSSR count). The standard InChI is InChI=1S/C16H15F3N2O4.C15H15BrN2O4.C15H15N3O6.CH4/c1-7(8(2)22)20-14(24)12-13(23)10-5-4-9(16(17,18)19)6-11(10)21(3)15(12)25;1-7(8(2)19)17-14(21)12-13(20)11-9(16)5-4-6-10(11)18(3)15(12)22;1-7(8(2)19)16-14(21)12-13(20)10-5-4-9(18(23)24)6-11(10)17(3)15(12)22;/h4-7,23H,1-3H3,(H,20,24);4-7,20H,1-3H3,(H,17,21);4-7,20H,1-3H3,(H,16,21);1H4/t3*7-;/m100./s1. The summed E-state index contributed by atoms with van der Waals surface area (Å²) in [5.41, 5.74) is -4.77. The van der Waals surface area contributed by atoms with Crippen LogP contribution in [0, 0.1) is 10.1 Å². The number of hydrogen-bond donors (Lipinski definition) is 6. The summed E-state index contributed by atoms with van der Waals surface area (Å²) >= 11 is 3.30. The fourth-order valence-corrected chi connectivity index (χ4v) is 7.12. The molecule has 3 aromatic carbocycles. The average molecular weight is 1070 g/mol. The van der Waals surface area contributed by atoms with E-state index in [-0.39, 0.29) is 57.8 Å². The van der Waals surface area contributed by atoms with Gasteiger partial charge in [0.25, 0.3) is 40.1 Å².